The van der Waals surface area contributed by atoms with E-state index in [-0.39, 0.29) is 10.7 Å². The highest BCUT2D eigenvalue weighted by molar-refractivity contribution is 6.30. The maximum Gasteiger partial charge on any atom is 0.258 e. The average molecular weight is 311 g/mol. The number of halogens is 2. The number of ether oxygens (including phenoxy) is 2. The highest BCUT2D eigenvalue weighted by Crippen LogP contribution is 2.29. The summed E-state index contributed by atoms with van der Waals surface area (Å²) in [5, 5.41) is 2.19. The molecule has 110 valence electrons. The van der Waals surface area contributed by atoms with Crippen LogP contribution in [0.3, 0.4) is 0 Å². The van der Waals surface area contributed by atoms with Gasteiger partial charge in [-0.25, -0.2) is 9.37 Å². The standard InChI is InChI=1S/C14H12ClFN2O3/c1-20-8-3-4-10(11(7-8)21-2)18-14(19)9-5-6-17-13(15)12(9)16/h3-7H,1-2H3,(H,18,19). The second kappa shape index (κ2) is 6.41. The van der Waals surface area contributed by atoms with Gasteiger partial charge in [0.15, 0.2) is 11.0 Å². The van der Waals surface area contributed by atoms with Crippen LogP contribution in [0.5, 0.6) is 11.5 Å². The number of methoxy groups -OCH3 is 2. The molecule has 5 nitrogen and oxygen atoms in total. The van der Waals surface area contributed by atoms with E-state index in [9.17, 15) is 9.18 Å². The maximum atomic E-state index is 13.7. The Morgan fingerprint density at radius 2 is 2.05 bits per heavy atom. The minimum atomic E-state index is -0.871. The largest absolute Gasteiger partial charge is 0.497 e. The van der Waals surface area contributed by atoms with Gasteiger partial charge in [-0.3, -0.25) is 4.79 Å². The molecule has 0 saturated carbocycles. The molecule has 2 aromatic rings. The normalized spacial score (nSPS) is 10.1. The molecular formula is C14H12ClFN2O3. The van der Waals surface area contributed by atoms with Crippen molar-refractivity contribution in [3.63, 3.8) is 0 Å². The molecule has 0 aliphatic carbocycles. The van der Waals surface area contributed by atoms with E-state index in [1.165, 1.54) is 26.5 Å². The fourth-order valence-electron chi connectivity index (χ4n) is 1.69. The van der Waals surface area contributed by atoms with Crippen LogP contribution >= 0.6 is 11.6 Å². The highest BCUT2D eigenvalue weighted by atomic mass is 35.5. The third-order valence-electron chi connectivity index (χ3n) is 2.75. The summed E-state index contributed by atoms with van der Waals surface area (Å²) < 4.78 is 24.0. The molecule has 0 fully saturated rings. The molecule has 1 amide bonds. The van der Waals surface area contributed by atoms with Gasteiger partial charge >= 0.3 is 0 Å². The molecule has 0 saturated heterocycles. The summed E-state index contributed by atoms with van der Waals surface area (Å²) >= 11 is 5.55. The van der Waals surface area contributed by atoms with Crippen molar-refractivity contribution in [1.82, 2.24) is 4.98 Å². The van der Waals surface area contributed by atoms with Crippen molar-refractivity contribution in [3.8, 4) is 11.5 Å². The first-order valence-electron chi connectivity index (χ1n) is 5.90. The number of benzene rings is 1. The topological polar surface area (TPSA) is 60.5 Å². The zero-order valence-electron chi connectivity index (χ0n) is 11.3. The Balaban J connectivity index is 2.29. The van der Waals surface area contributed by atoms with Crippen molar-refractivity contribution in [2.45, 2.75) is 0 Å². The van der Waals surface area contributed by atoms with Crippen molar-refractivity contribution < 1.29 is 18.7 Å². The van der Waals surface area contributed by atoms with E-state index in [2.05, 4.69) is 10.3 Å². The molecule has 7 heteroatoms. The molecule has 0 radical (unpaired) electrons. The van der Waals surface area contributed by atoms with Crippen molar-refractivity contribution >= 4 is 23.2 Å². The van der Waals surface area contributed by atoms with Gasteiger partial charge in [-0.1, -0.05) is 11.6 Å². The summed E-state index contributed by atoms with van der Waals surface area (Å²) in [5.74, 6) is -0.560. The third-order valence-corrected chi connectivity index (χ3v) is 3.01. The van der Waals surface area contributed by atoms with Crippen LogP contribution in [0.15, 0.2) is 30.5 Å². The van der Waals surface area contributed by atoms with E-state index in [0.29, 0.717) is 17.2 Å². The summed E-state index contributed by atoms with van der Waals surface area (Å²) in [6.07, 6.45) is 1.26. The van der Waals surface area contributed by atoms with Gasteiger partial charge in [0.2, 0.25) is 0 Å². The summed E-state index contributed by atoms with van der Waals surface area (Å²) in [7, 11) is 2.97. The minimum Gasteiger partial charge on any atom is -0.497 e. The van der Waals surface area contributed by atoms with E-state index in [0.717, 1.165) is 0 Å². The van der Waals surface area contributed by atoms with Crippen LogP contribution in [-0.4, -0.2) is 25.1 Å². The summed E-state index contributed by atoms with van der Waals surface area (Å²) in [6, 6.07) is 6.09. The molecule has 0 bridgehead atoms. The number of carbonyl (C=O) groups is 1. The Bertz CT molecular complexity index is 679. The van der Waals surface area contributed by atoms with Crippen molar-refractivity contribution in [3.05, 3.63) is 47.0 Å². The highest BCUT2D eigenvalue weighted by Gasteiger charge is 2.17. The smallest absolute Gasteiger partial charge is 0.258 e. The molecule has 1 heterocycles. The molecule has 0 spiro atoms. The van der Waals surface area contributed by atoms with E-state index in [1.54, 1.807) is 18.2 Å². The van der Waals surface area contributed by atoms with E-state index >= 15 is 0 Å². The molecule has 1 aromatic heterocycles. The van der Waals surface area contributed by atoms with E-state index < -0.39 is 11.7 Å². The van der Waals surface area contributed by atoms with Crippen LogP contribution in [0, 0.1) is 5.82 Å². The molecular weight excluding hydrogens is 299 g/mol. The van der Waals surface area contributed by atoms with E-state index in [1.807, 2.05) is 0 Å². The number of nitrogens with zero attached hydrogens (tertiary/aromatic N) is 1. The van der Waals surface area contributed by atoms with Gasteiger partial charge in [-0.2, -0.15) is 0 Å². The lowest BCUT2D eigenvalue weighted by Crippen LogP contribution is -2.15. The number of hydrogen-bond donors (Lipinski definition) is 1. The van der Waals surface area contributed by atoms with Crippen molar-refractivity contribution in [2.24, 2.45) is 0 Å². The van der Waals surface area contributed by atoms with Crippen LogP contribution in [-0.2, 0) is 0 Å². The second-order valence-electron chi connectivity index (χ2n) is 3.98. The Morgan fingerprint density at radius 3 is 2.71 bits per heavy atom. The lowest BCUT2D eigenvalue weighted by atomic mass is 10.2. The van der Waals surface area contributed by atoms with E-state index in [4.69, 9.17) is 21.1 Å². The number of hydrogen-bond acceptors (Lipinski definition) is 4. The summed E-state index contributed by atoms with van der Waals surface area (Å²) in [6.45, 7) is 0. The van der Waals surface area contributed by atoms with Crippen LogP contribution in [0.2, 0.25) is 5.15 Å². The van der Waals surface area contributed by atoms with Crippen LogP contribution in [0.4, 0.5) is 10.1 Å². The first kappa shape index (κ1) is 15.1. The monoisotopic (exact) mass is 310 g/mol. The first-order valence-corrected chi connectivity index (χ1v) is 6.28. The quantitative estimate of drug-likeness (QED) is 0.881. The predicted octanol–water partition coefficient (Wildman–Crippen LogP) is 3.14. The molecule has 1 aromatic carbocycles. The molecule has 21 heavy (non-hydrogen) atoms. The van der Waals surface area contributed by atoms with Crippen LogP contribution in [0.1, 0.15) is 10.4 Å². The van der Waals surface area contributed by atoms with Gasteiger partial charge in [0, 0.05) is 12.3 Å². The lowest BCUT2D eigenvalue weighted by molar-refractivity contribution is 0.102. The third kappa shape index (κ3) is 3.22. The van der Waals surface area contributed by atoms with Crippen molar-refractivity contribution in [2.75, 3.05) is 19.5 Å². The maximum absolute atomic E-state index is 13.7. The number of pyridine rings is 1. The Kier molecular flexibility index (Phi) is 4.59. The van der Waals surface area contributed by atoms with Gasteiger partial charge in [0.1, 0.15) is 11.5 Å². The number of carbonyl (C=O) groups excluding carboxylic acids is 1. The first-order chi connectivity index (χ1) is 10.1. The van der Waals surface area contributed by atoms with Gasteiger partial charge in [0.25, 0.3) is 5.91 Å². The van der Waals surface area contributed by atoms with Gasteiger partial charge in [-0.05, 0) is 18.2 Å². The Hall–Kier alpha value is -2.34. The Morgan fingerprint density at radius 1 is 1.29 bits per heavy atom. The number of nitrogens with one attached hydrogen (secondary N) is 1. The molecule has 2 rings (SSSR count). The minimum absolute atomic E-state index is 0.201. The lowest BCUT2D eigenvalue weighted by Gasteiger charge is -2.12. The van der Waals surface area contributed by atoms with Crippen LogP contribution in [0.25, 0.3) is 0 Å². The predicted molar refractivity (Wildman–Crippen MR) is 76.7 cm³/mol. The SMILES string of the molecule is COc1ccc(NC(=O)c2ccnc(Cl)c2F)c(OC)c1. The van der Waals surface area contributed by atoms with Gasteiger partial charge in [-0.15, -0.1) is 0 Å². The number of amides is 1. The summed E-state index contributed by atoms with van der Waals surface area (Å²) in [5.41, 5.74) is 0.184. The van der Waals surface area contributed by atoms with Gasteiger partial charge < -0.3 is 14.8 Å². The zero-order valence-corrected chi connectivity index (χ0v) is 12.1. The zero-order chi connectivity index (χ0) is 15.4. The fourth-order valence-corrected chi connectivity index (χ4v) is 1.84. The summed E-state index contributed by atoms with van der Waals surface area (Å²) in [4.78, 5) is 15.6. The van der Waals surface area contributed by atoms with Crippen molar-refractivity contribution in [1.29, 1.82) is 0 Å². The number of rotatable bonds is 4. The number of aromatic nitrogens is 1. The number of anilines is 1. The average Bonchev–Trinajstić information content (AvgIpc) is 2.50. The van der Waals surface area contributed by atoms with Crippen LogP contribution < -0.4 is 14.8 Å². The molecule has 0 atom stereocenters. The molecule has 1 N–H and O–H groups in total. The molecule has 0 unspecified atom stereocenters. The fraction of sp³-hybridized carbons (Fsp3) is 0.143. The van der Waals surface area contributed by atoms with Gasteiger partial charge in [0.05, 0.1) is 25.5 Å². The second-order valence-corrected chi connectivity index (χ2v) is 4.34. The Labute approximate surface area is 125 Å². The molecule has 0 aliphatic heterocycles. The molecule has 0 aliphatic rings.